The molecule has 0 spiro atoms. The van der Waals surface area contributed by atoms with E-state index in [0.717, 1.165) is 23.4 Å². The predicted molar refractivity (Wildman–Crippen MR) is 72.5 cm³/mol. The largest absolute Gasteiger partial charge is 0.481 e. The first-order valence-corrected chi connectivity index (χ1v) is 5.71. The summed E-state index contributed by atoms with van der Waals surface area (Å²) < 4.78 is 0. The maximum Gasteiger partial charge on any atom is 0.300 e. The number of primary amides is 1. The predicted octanol–water partition coefficient (Wildman–Crippen LogP) is 0.614. The number of aromatic amines is 1. The fourth-order valence-corrected chi connectivity index (χ4v) is 1.64. The molecular formula is C13H17N3O3. The molecule has 2 rings (SSSR count). The van der Waals surface area contributed by atoms with Crippen LogP contribution in [0, 0.1) is 0 Å². The van der Waals surface area contributed by atoms with Crippen molar-refractivity contribution in [2.24, 2.45) is 11.5 Å². The summed E-state index contributed by atoms with van der Waals surface area (Å²) in [6, 6.07) is 7.26. The van der Waals surface area contributed by atoms with Crippen LogP contribution in [0.2, 0.25) is 0 Å². The van der Waals surface area contributed by atoms with E-state index in [1.807, 2.05) is 30.5 Å². The van der Waals surface area contributed by atoms with Crippen LogP contribution < -0.4 is 11.5 Å². The zero-order valence-electron chi connectivity index (χ0n) is 10.6. The second kappa shape index (κ2) is 6.55. The number of hydrogen-bond acceptors (Lipinski definition) is 3. The van der Waals surface area contributed by atoms with E-state index in [9.17, 15) is 4.79 Å². The molecule has 0 aliphatic carbocycles. The van der Waals surface area contributed by atoms with E-state index >= 15 is 0 Å². The number of aliphatic carboxylic acids is 1. The van der Waals surface area contributed by atoms with Gasteiger partial charge in [-0.15, -0.1) is 0 Å². The van der Waals surface area contributed by atoms with Crippen LogP contribution in [-0.4, -0.2) is 28.0 Å². The van der Waals surface area contributed by atoms with E-state index in [0.29, 0.717) is 6.42 Å². The molecule has 6 nitrogen and oxygen atoms in total. The van der Waals surface area contributed by atoms with Crippen LogP contribution >= 0.6 is 0 Å². The first kappa shape index (κ1) is 14.7. The molecule has 0 aliphatic heterocycles. The Bertz CT molecular complexity index is 573. The standard InChI is InChI=1S/C11H13N3O.C2H4O2/c12-9(11(13)15)5-7-6-14-10-4-2-1-3-8(7)10;1-2(3)4/h1-4,6,9,14H,5,12H2,(H2,13,15);1H3,(H,3,4). The van der Waals surface area contributed by atoms with E-state index in [-0.39, 0.29) is 0 Å². The second-order valence-corrected chi connectivity index (χ2v) is 4.09. The van der Waals surface area contributed by atoms with E-state index in [2.05, 4.69) is 4.98 Å². The molecular weight excluding hydrogens is 246 g/mol. The fraction of sp³-hybridized carbons (Fsp3) is 0.231. The molecule has 6 heteroatoms. The van der Waals surface area contributed by atoms with E-state index in [1.165, 1.54) is 0 Å². The number of amides is 1. The first-order valence-electron chi connectivity index (χ1n) is 5.71. The van der Waals surface area contributed by atoms with Gasteiger partial charge in [0.1, 0.15) is 0 Å². The van der Waals surface area contributed by atoms with Gasteiger partial charge in [0.2, 0.25) is 5.91 Å². The van der Waals surface area contributed by atoms with Crippen molar-refractivity contribution in [1.82, 2.24) is 4.98 Å². The minimum atomic E-state index is -0.833. The number of fused-ring (bicyclic) bond motifs is 1. The molecule has 6 N–H and O–H groups in total. The highest BCUT2D eigenvalue weighted by Crippen LogP contribution is 2.18. The Labute approximate surface area is 110 Å². The summed E-state index contributed by atoms with van der Waals surface area (Å²) in [6.45, 7) is 1.08. The smallest absolute Gasteiger partial charge is 0.300 e. The molecule has 102 valence electrons. The summed E-state index contributed by atoms with van der Waals surface area (Å²) in [5.41, 5.74) is 12.8. The van der Waals surface area contributed by atoms with Crippen molar-refractivity contribution in [3.8, 4) is 0 Å². The number of carboxylic acid groups (broad SMARTS) is 1. The number of aromatic nitrogens is 1. The summed E-state index contributed by atoms with van der Waals surface area (Å²) in [7, 11) is 0. The van der Waals surface area contributed by atoms with Gasteiger partial charge in [0.25, 0.3) is 5.97 Å². The van der Waals surface area contributed by atoms with Gasteiger partial charge in [0, 0.05) is 24.0 Å². The molecule has 0 radical (unpaired) electrons. The van der Waals surface area contributed by atoms with Crippen molar-refractivity contribution in [3.05, 3.63) is 36.0 Å². The maximum atomic E-state index is 10.8. The summed E-state index contributed by atoms with van der Waals surface area (Å²) in [4.78, 5) is 23.0. The third kappa shape index (κ3) is 4.44. The molecule has 0 saturated carbocycles. The number of carboxylic acids is 1. The topological polar surface area (TPSA) is 122 Å². The molecule has 1 amide bonds. The Morgan fingerprint density at radius 1 is 1.37 bits per heavy atom. The lowest BCUT2D eigenvalue weighted by Crippen LogP contribution is -2.38. The molecule has 1 heterocycles. The Hall–Kier alpha value is -2.34. The number of hydrogen-bond donors (Lipinski definition) is 4. The van der Waals surface area contributed by atoms with Crippen molar-refractivity contribution in [1.29, 1.82) is 0 Å². The molecule has 0 bridgehead atoms. The van der Waals surface area contributed by atoms with Gasteiger partial charge in [-0.05, 0) is 18.1 Å². The molecule has 0 saturated heterocycles. The van der Waals surface area contributed by atoms with Gasteiger partial charge in [-0.2, -0.15) is 0 Å². The van der Waals surface area contributed by atoms with Gasteiger partial charge >= 0.3 is 0 Å². The Morgan fingerprint density at radius 2 is 1.95 bits per heavy atom. The number of nitrogens with one attached hydrogen (secondary N) is 1. The van der Waals surface area contributed by atoms with Crippen molar-refractivity contribution in [3.63, 3.8) is 0 Å². The number of nitrogens with two attached hydrogens (primary N) is 2. The lowest BCUT2D eigenvalue weighted by molar-refractivity contribution is -0.134. The number of rotatable bonds is 3. The molecule has 2 aromatic rings. The molecule has 19 heavy (non-hydrogen) atoms. The third-order valence-corrected chi connectivity index (χ3v) is 2.48. The number of H-pyrrole nitrogens is 1. The zero-order valence-corrected chi connectivity index (χ0v) is 10.6. The Morgan fingerprint density at radius 3 is 2.53 bits per heavy atom. The van der Waals surface area contributed by atoms with Crippen LogP contribution in [-0.2, 0) is 16.0 Å². The van der Waals surface area contributed by atoms with Crippen LogP contribution in [0.25, 0.3) is 10.9 Å². The van der Waals surface area contributed by atoms with Gasteiger partial charge in [-0.3, -0.25) is 9.59 Å². The van der Waals surface area contributed by atoms with Gasteiger partial charge in [0.15, 0.2) is 0 Å². The number of carbonyl (C=O) groups is 2. The third-order valence-electron chi connectivity index (χ3n) is 2.48. The molecule has 1 unspecified atom stereocenters. The first-order chi connectivity index (χ1) is 8.91. The molecule has 1 aromatic heterocycles. The van der Waals surface area contributed by atoms with Crippen molar-refractivity contribution in [2.75, 3.05) is 0 Å². The SMILES string of the molecule is CC(=O)O.NC(=O)C(N)Cc1c[nH]c2ccccc12. The maximum absolute atomic E-state index is 10.8. The Kier molecular flexibility index (Phi) is 5.08. The van der Waals surface area contributed by atoms with Crippen molar-refractivity contribution >= 4 is 22.8 Å². The Balaban J connectivity index is 0.000000399. The van der Waals surface area contributed by atoms with Crippen molar-refractivity contribution in [2.45, 2.75) is 19.4 Å². The minimum absolute atomic E-state index is 0.472. The second-order valence-electron chi connectivity index (χ2n) is 4.09. The highest BCUT2D eigenvalue weighted by molar-refractivity contribution is 5.85. The monoisotopic (exact) mass is 263 g/mol. The molecule has 0 fully saturated rings. The van der Waals surface area contributed by atoms with Gasteiger partial charge in [-0.25, -0.2) is 0 Å². The lowest BCUT2D eigenvalue weighted by Gasteiger charge is -2.05. The molecule has 0 aliphatic rings. The number of carbonyl (C=O) groups excluding carboxylic acids is 1. The molecule has 1 aromatic carbocycles. The lowest BCUT2D eigenvalue weighted by atomic mass is 10.1. The van der Waals surface area contributed by atoms with E-state index < -0.39 is 17.9 Å². The summed E-state index contributed by atoms with van der Waals surface area (Å²) in [5, 5.41) is 8.51. The quantitative estimate of drug-likeness (QED) is 0.648. The summed E-state index contributed by atoms with van der Waals surface area (Å²) in [6.07, 6.45) is 2.34. The van der Waals surface area contributed by atoms with E-state index in [4.69, 9.17) is 21.4 Å². The van der Waals surface area contributed by atoms with Gasteiger partial charge in [-0.1, -0.05) is 18.2 Å². The minimum Gasteiger partial charge on any atom is -0.481 e. The van der Waals surface area contributed by atoms with Crippen LogP contribution in [0.5, 0.6) is 0 Å². The van der Waals surface area contributed by atoms with Crippen molar-refractivity contribution < 1.29 is 14.7 Å². The number of para-hydroxylation sites is 1. The van der Waals surface area contributed by atoms with Crippen LogP contribution in [0.15, 0.2) is 30.5 Å². The molecule has 1 atom stereocenters. The average Bonchev–Trinajstić information content (AvgIpc) is 2.72. The summed E-state index contributed by atoms with van der Waals surface area (Å²) in [5.74, 6) is -1.31. The van der Waals surface area contributed by atoms with Crippen LogP contribution in [0.1, 0.15) is 12.5 Å². The summed E-state index contributed by atoms with van der Waals surface area (Å²) >= 11 is 0. The van der Waals surface area contributed by atoms with Gasteiger partial charge in [0.05, 0.1) is 6.04 Å². The normalized spacial score (nSPS) is 11.5. The number of benzene rings is 1. The highest BCUT2D eigenvalue weighted by Gasteiger charge is 2.12. The zero-order chi connectivity index (χ0) is 14.4. The average molecular weight is 263 g/mol. The van der Waals surface area contributed by atoms with Crippen LogP contribution in [0.3, 0.4) is 0 Å². The highest BCUT2D eigenvalue weighted by atomic mass is 16.4. The van der Waals surface area contributed by atoms with E-state index in [1.54, 1.807) is 0 Å². The van der Waals surface area contributed by atoms with Crippen LogP contribution in [0.4, 0.5) is 0 Å². The van der Waals surface area contributed by atoms with Gasteiger partial charge < -0.3 is 21.6 Å². The fourth-order valence-electron chi connectivity index (χ4n) is 1.64.